The van der Waals surface area contributed by atoms with E-state index in [2.05, 4.69) is 127 Å². The zero-order chi connectivity index (χ0) is 33.5. The van der Waals surface area contributed by atoms with E-state index in [0.717, 1.165) is 68.2 Å². The highest BCUT2D eigenvalue weighted by Gasteiger charge is 2.29. The van der Waals surface area contributed by atoms with Crippen molar-refractivity contribution in [2.24, 2.45) is 0 Å². The molecule has 11 rings (SSSR count). The molecule has 3 heterocycles. The monoisotopic (exact) mass is 655 g/mol. The minimum atomic E-state index is 0.119. The number of ether oxygens (including phenoxy) is 2. The molecule has 9 aromatic rings. The van der Waals surface area contributed by atoms with Gasteiger partial charge in [0.25, 0.3) is 0 Å². The predicted molar refractivity (Wildman–Crippen MR) is 206 cm³/mol. The Balaban J connectivity index is 1.00. The number of hydrogen-bond acceptors (Lipinski definition) is 4. The summed E-state index contributed by atoms with van der Waals surface area (Å²) in [4.78, 5) is 5.06. The lowest BCUT2D eigenvalue weighted by molar-refractivity contribution is 0.286. The molecule has 4 nitrogen and oxygen atoms in total. The molecule has 51 heavy (non-hydrogen) atoms. The number of pyridine rings is 1. The second-order valence-electron chi connectivity index (χ2n) is 13.4. The van der Waals surface area contributed by atoms with Crippen LogP contribution in [0.4, 0.5) is 0 Å². The highest BCUT2D eigenvalue weighted by molar-refractivity contribution is 6.15. The number of rotatable bonds is 3. The SMILES string of the molecule is C1=CC(c2c3ccccc3c(-c3ccc(-c4ccc5oc6cc7ccccc7cc6c5c4)nc3)c3ccccc23)CC2=C1Oc1ccccc1O2. The van der Waals surface area contributed by atoms with Crippen molar-refractivity contribution in [2.75, 3.05) is 0 Å². The number of benzene rings is 7. The number of nitrogens with zero attached hydrogens (tertiary/aromatic N) is 1. The van der Waals surface area contributed by atoms with Gasteiger partial charge >= 0.3 is 0 Å². The van der Waals surface area contributed by atoms with Crippen LogP contribution in [0.25, 0.3) is 76.6 Å². The van der Waals surface area contributed by atoms with Gasteiger partial charge in [-0.3, -0.25) is 4.98 Å². The van der Waals surface area contributed by atoms with Crippen LogP contribution in [0.5, 0.6) is 11.5 Å². The summed E-state index contributed by atoms with van der Waals surface area (Å²) in [5, 5.41) is 9.47. The molecule has 0 amide bonds. The summed E-state index contributed by atoms with van der Waals surface area (Å²) in [6, 6.07) is 48.9. The van der Waals surface area contributed by atoms with Crippen LogP contribution in [0.3, 0.4) is 0 Å². The lowest BCUT2D eigenvalue weighted by Crippen LogP contribution is -2.16. The number of furan rings is 1. The zero-order valence-corrected chi connectivity index (χ0v) is 27.5. The molecule has 0 bridgehead atoms. The molecule has 1 atom stereocenters. The van der Waals surface area contributed by atoms with Gasteiger partial charge in [0.2, 0.25) is 0 Å². The molecule has 7 aromatic carbocycles. The van der Waals surface area contributed by atoms with E-state index in [9.17, 15) is 0 Å². The average Bonchev–Trinajstić information content (AvgIpc) is 3.54. The molecule has 1 unspecified atom stereocenters. The van der Waals surface area contributed by atoms with E-state index in [1.54, 1.807) is 0 Å². The molecule has 1 aliphatic carbocycles. The smallest absolute Gasteiger partial charge is 0.170 e. The van der Waals surface area contributed by atoms with Crippen molar-refractivity contribution in [3.05, 3.63) is 175 Å². The topological polar surface area (TPSA) is 44.5 Å². The van der Waals surface area contributed by atoms with Crippen LogP contribution in [0.15, 0.2) is 174 Å². The summed E-state index contributed by atoms with van der Waals surface area (Å²) in [6.07, 6.45) is 7.08. The van der Waals surface area contributed by atoms with E-state index in [0.29, 0.717) is 0 Å². The van der Waals surface area contributed by atoms with Crippen LogP contribution in [-0.4, -0.2) is 4.98 Å². The van der Waals surface area contributed by atoms with Gasteiger partial charge in [-0.15, -0.1) is 0 Å². The predicted octanol–water partition coefficient (Wildman–Crippen LogP) is 12.5. The number of fused-ring (bicyclic) bond motifs is 7. The standard InChI is InChI=1S/C47H29NO3/c1-2-10-29-25-44-38(23-28(29)9-1)37-24-30(18-21-40(37)49-44)39-20-17-32(27-48-39)47-35-13-5-3-11-33(35)46(34-12-4-6-14-36(34)47)31-19-22-43-45(26-31)51-42-16-8-7-15-41(42)50-43/h1-25,27,31H,26H2. The Hall–Kier alpha value is -6.65. The third-order valence-electron chi connectivity index (χ3n) is 10.5. The maximum Gasteiger partial charge on any atom is 0.170 e. The molecule has 2 aromatic heterocycles. The molecule has 0 radical (unpaired) electrons. The summed E-state index contributed by atoms with van der Waals surface area (Å²) in [7, 11) is 0. The fourth-order valence-electron chi connectivity index (χ4n) is 8.12. The molecule has 0 saturated carbocycles. The Morgan fingerprint density at radius 3 is 1.92 bits per heavy atom. The second-order valence-corrected chi connectivity index (χ2v) is 13.4. The van der Waals surface area contributed by atoms with Crippen LogP contribution in [0, 0.1) is 0 Å². The van der Waals surface area contributed by atoms with Crippen molar-refractivity contribution in [1.29, 1.82) is 0 Å². The van der Waals surface area contributed by atoms with Crippen LogP contribution in [-0.2, 0) is 0 Å². The minimum Gasteiger partial charge on any atom is -0.456 e. The molecule has 0 fully saturated rings. The van der Waals surface area contributed by atoms with E-state index in [-0.39, 0.29) is 5.92 Å². The Kier molecular flexibility index (Phi) is 6.05. The fourth-order valence-corrected chi connectivity index (χ4v) is 8.12. The van der Waals surface area contributed by atoms with E-state index in [4.69, 9.17) is 18.9 Å². The van der Waals surface area contributed by atoms with Crippen molar-refractivity contribution in [3.63, 3.8) is 0 Å². The van der Waals surface area contributed by atoms with Crippen molar-refractivity contribution < 1.29 is 13.9 Å². The zero-order valence-electron chi connectivity index (χ0n) is 27.5. The molecule has 0 N–H and O–H groups in total. The first-order valence-corrected chi connectivity index (χ1v) is 17.4. The maximum atomic E-state index is 6.40. The minimum absolute atomic E-state index is 0.119. The summed E-state index contributed by atoms with van der Waals surface area (Å²) in [5.74, 6) is 3.29. The van der Waals surface area contributed by atoms with Gasteiger partial charge in [-0.05, 0) is 98.1 Å². The lowest BCUT2D eigenvalue weighted by Gasteiger charge is -2.29. The Morgan fingerprint density at radius 2 is 1.18 bits per heavy atom. The van der Waals surface area contributed by atoms with Crippen molar-refractivity contribution in [1.82, 2.24) is 4.98 Å². The van der Waals surface area contributed by atoms with E-state index in [1.807, 2.05) is 30.5 Å². The normalized spacial score (nSPS) is 15.3. The van der Waals surface area contributed by atoms with Gasteiger partial charge in [0, 0.05) is 40.4 Å². The third-order valence-corrected chi connectivity index (χ3v) is 10.5. The van der Waals surface area contributed by atoms with Gasteiger partial charge in [0.1, 0.15) is 16.9 Å². The van der Waals surface area contributed by atoms with Gasteiger partial charge in [0.15, 0.2) is 17.3 Å². The van der Waals surface area contributed by atoms with Crippen LogP contribution in [0.2, 0.25) is 0 Å². The average molecular weight is 656 g/mol. The molecule has 4 heteroatoms. The molecule has 240 valence electrons. The first-order valence-electron chi connectivity index (χ1n) is 17.4. The van der Waals surface area contributed by atoms with Crippen molar-refractivity contribution in [3.8, 4) is 33.9 Å². The fraction of sp³-hybridized carbons (Fsp3) is 0.0426. The molecular weight excluding hydrogens is 627 g/mol. The number of para-hydroxylation sites is 2. The summed E-state index contributed by atoms with van der Waals surface area (Å²) in [6.45, 7) is 0. The molecule has 2 aliphatic rings. The van der Waals surface area contributed by atoms with Crippen LogP contribution >= 0.6 is 0 Å². The molecule has 1 aliphatic heterocycles. The number of aromatic nitrogens is 1. The van der Waals surface area contributed by atoms with Crippen LogP contribution in [0.1, 0.15) is 17.9 Å². The Bertz CT molecular complexity index is 2890. The summed E-state index contributed by atoms with van der Waals surface area (Å²) < 4.78 is 18.9. The first-order chi connectivity index (χ1) is 25.2. The highest BCUT2D eigenvalue weighted by atomic mass is 16.6. The third kappa shape index (κ3) is 4.43. The van der Waals surface area contributed by atoms with Gasteiger partial charge in [0.05, 0.1) is 5.69 Å². The molecule has 0 saturated heterocycles. The maximum absolute atomic E-state index is 6.40. The lowest BCUT2D eigenvalue weighted by atomic mass is 9.81. The Morgan fingerprint density at radius 1 is 0.529 bits per heavy atom. The van der Waals surface area contributed by atoms with Crippen molar-refractivity contribution >= 4 is 54.3 Å². The summed E-state index contributed by atoms with van der Waals surface area (Å²) in [5.41, 5.74) is 7.34. The van der Waals surface area contributed by atoms with Gasteiger partial charge in [-0.25, -0.2) is 0 Å². The van der Waals surface area contributed by atoms with E-state index < -0.39 is 0 Å². The van der Waals surface area contributed by atoms with Crippen LogP contribution < -0.4 is 9.47 Å². The number of hydrogen-bond donors (Lipinski definition) is 0. The summed E-state index contributed by atoms with van der Waals surface area (Å²) >= 11 is 0. The highest BCUT2D eigenvalue weighted by Crippen LogP contribution is 2.47. The Labute approximate surface area is 293 Å². The van der Waals surface area contributed by atoms with E-state index in [1.165, 1.54) is 43.4 Å². The quantitative estimate of drug-likeness (QED) is 0.178. The van der Waals surface area contributed by atoms with E-state index >= 15 is 0 Å². The second kappa shape index (κ2) is 10.9. The van der Waals surface area contributed by atoms with Crippen molar-refractivity contribution in [2.45, 2.75) is 12.3 Å². The van der Waals surface area contributed by atoms with Gasteiger partial charge in [-0.2, -0.15) is 0 Å². The first kappa shape index (κ1) is 28.2. The number of allylic oxidation sites excluding steroid dienone is 3. The van der Waals surface area contributed by atoms with Gasteiger partial charge < -0.3 is 13.9 Å². The van der Waals surface area contributed by atoms with Gasteiger partial charge in [-0.1, -0.05) is 97.1 Å². The molecular formula is C47H29NO3. The molecule has 0 spiro atoms. The largest absolute Gasteiger partial charge is 0.456 e.